The number of nitrogens with zero attached hydrogens (tertiary/aromatic N) is 2. The Morgan fingerprint density at radius 1 is 1.58 bits per heavy atom. The minimum absolute atomic E-state index is 0.00675. The average molecular weight is 352 g/mol. The summed E-state index contributed by atoms with van der Waals surface area (Å²) in [7, 11) is 1.29. The third-order valence-electron chi connectivity index (χ3n) is 3.26. The van der Waals surface area contributed by atoms with E-state index in [0.29, 0.717) is 15.7 Å². The van der Waals surface area contributed by atoms with Crippen LogP contribution in [0.3, 0.4) is 0 Å². The van der Waals surface area contributed by atoms with Crippen molar-refractivity contribution in [3.63, 3.8) is 0 Å². The first-order valence-corrected chi connectivity index (χ1v) is 7.74. The second-order valence-corrected chi connectivity index (χ2v) is 6.28. The summed E-state index contributed by atoms with van der Waals surface area (Å²) < 4.78 is 0. The molecule has 0 aromatic carbocycles. The molecule has 0 unspecified atom stereocenters. The predicted molar refractivity (Wildman–Crippen MR) is 86.7 cm³/mol. The third kappa shape index (κ3) is 3.96. The van der Waals surface area contributed by atoms with Crippen molar-refractivity contribution in [3.05, 3.63) is 22.2 Å². The van der Waals surface area contributed by atoms with E-state index in [1.807, 2.05) is 0 Å². The first-order valence-electron chi connectivity index (χ1n) is 6.92. The maximum atomic E-state index is 12.4. The van der Waals surface area contributed by atoms with Crippen LogP contribution in [0.25, 0.3) is 0 Å². The average Bonchev–Trinajstić information content (AvgIpc) is 2.98. The van der Waals surface area contributed by atoms with Crippen LogP contribution in [0.2, 0.25) is 0 Å². The van der Waals surface area contributed by atoms with Gasteiger partial charge in [0.25, 0.3) is 5.91 Å². The van der Waals surface area contributed by atoms with E-state index in [2.05, 4.69) is 15.5 Å². The van der Waals surface area contributed by atoms with E-state index in [-0.39, 0.29) is 29.9 Å². The number of thiazole rings is 1. The highest BCUT2D eigenvalue weighted by Gasteiger charge is 2.29. The fourth-order valence-corrected chi connectivity index (χ4v) is 2.99. The SMILES string of the molecule is CO/N=C(\C(=O)N[C@@H]1C=C(CC(=O)O)C(=O)C1)c1nc(N)sc1C. The molecule has 10 heteroatoms. The number of ketones is 1. The minimum atomic E-state index is -1.10. The van der Waals surface area contributed by atoms with Gasteiger partial charge < -0.3 is 21.0 Å². The van der Waals surface area contributed by atoms with Crippen LogP contribution in [0, 0.1) is 6.92 Å². The second kappa shape index (κ2) is 7.21. The largest absolute Gasteiger partial charge is 0.481 e. The molecule has 0 fully saturated rings. The summed E-state index contributed by atoms with van der Waals surface area (Å²) >= 11 is 1.21. The maximum absolute atomic E-state index is 12.4. The molecule has 1 aliphatic rings. The van der Waals surface area contributed by atoms with Crippen molar-refractivity contribution in [1.82, 2.24) is 10.3 Å². The number of nitrogens with two attached hydrogens (primary N) is 1. The third-order valence-corrected chi connectivity index (χ3v) is 4.06. The summed E-state index contributed by atoms with van der Waals surface area (Å²) in [5.41, 5.74) is 6.05. The summed E-state index contributed by atoms with van der Waals surface area (Å²) in [6, 6.07) is -0.599. The Morgan fingerprint density at radius 3 is 2.83 bits per heavy atom. The minimum Gasteiger partial charge on any atom is -0.481 e. The number of oxime groups is 1. The van der Waals surface area contributed by atoms with Crippen LogP contribution in [0.15, 0.2) is 16.8 Å². The van der Waals surface area contributed by atoms with E-state index < -0.39 is 17.9 Å². The molecule has 4 N–H and O–H groups in total. The zero-order valence-electron chi connectivity index (χ0n) is 13.0. The number of nitrogen functional groups attached to an aromatic ring is 1. The van der Waals surface area contributed by atoms with Crippen molar-refractivity contribution in [2.75, 3.05) is 12.8 Å². The van der Waals surface area contributed by atoms with E-state index in [1.54, 1.807) is 6.92 Å². The van der Waals surface area contributed by atoms with Gasteiger partial charge in [-0.3, -0.25) is 14.4 Å². The molecule has 128 valence electrons. The molecule has 0 bridgehead atoms. The van der Waals surface area contributed by atoms with Gasteiger partial charge in [0.2, 0.25) is 0 Å². The van der Waals surface area contributed by atoms with E-state index in [4.69, 9.17) is 15.7 Å². The van der Waals surface area contributed by atoms with Crippen LogP contribution in [0.4, 0.5) is 5.13 Å². The Labute approximate surface area is 141 Å². The number of carboxylic acids is 1. The Bertz CT molecular complexity index is 752. The standard InChI is InChI=1S/C14H16N4O5S/c1-6-11(17-14(15)24-6)12(18-23-2)13(22)16-8-3-7(4-10(20)21)9(19)5-8/h3,8H,4-5H2,1-2H3,(H2,15,17)(H,16,22)(H,20,21)/b18-12-/t8-/m1/s1. The molecule has 0 saturated heterocycles. The van der Waals surface area contributed by atoms with Crippen molar-refractivity contribution in [2.45, 2.75) is 25.8 Å². The first-order chi connectivity index (χ1) is 11.3. The van der Waals surface area contributed by atoms with Crippen LogP contribution in [0.1, 0.15) is 23.4 Å². The number of aryl methyl sites for hydroxylation is 1. The molecule has 1 atom stereocenters. The van der Waals surface area contributed by atoms with Gasteiger partial charge in [0, 0.05) is 16.9 Å². The molecule has 2 rings (SSSR count). The lowest BCUT2D eigenvalue weighted by molar-refractivity contribution is -0.137. The first kappa shape index (κ1) is 17.6. The van der Waals surface area contributed by atoms with Gasteiger partial charge in [-0.15, -0.1) is 11.3 Å². The van der Waals surface area contributed by atoms with Gasteiger partial charge in [-0.25, -0.2) is 4.98 Å². The van der Waals surface area contributed by atoms with E-state index >= 15 is 0 Å². The van der Waals surface area contributed by atoms with Gasteiger partial charge in [-0.05, 0) is 6.92 Å². The van der Waals surface area contributed by atoms with Crippen molar-refractivity contribution in [3.8, 4) is 0 Å². The van der Waals surface area contributed by atoms with Crippen molar-refractivity contribution >= 4 is 39.8 Å². The molecular formula is C14H16N4O5S. The Balaban J connectivity index is 2.17. The second-order valence-electron chi connectivity index (χ2n) is 5.05. The maximum Gasteiger partial charge on any atom is 0.307 e. The number of carboxylic acid groups (broad SMARTS) is 1. The lowest BCUT2D eigenvalue weighted by Crippen LogP contribution is -2.38. The molecule has 1 aliphatic carbocycles. The molecule has 24 heavy (non-hydrogen) atoms. The van der Waals surface area contributed by atoms with Gasteiger partial charge in [0.15, 0.2) is 16.6 Å². The van der Waals surface area contributed by atoms with Crippen molar-refractivity contribution in [2.24, 2.45) is 5.16 Å². The summed E-state index contributed by atoms with van der Waals surface area (Å²) in [5.74, 6) is -1.99. The number of aromatic nitrogens is 1. The van der Waals surface area contributed by atoms with Crippen LogP contribution < -0.4 is 11.1 Å². The predicted octanol–water partition coefficient (Wildman–Crippen LogP) is 0.243. The number of carbonyl (C=O) groups excluding carboxylic acids is 2. The van der Waals surface area contributed by atoms with Crippen LogP contribution in [-0.4, -0.2) is 46.6 Å². The van der Waals surface area contributed by atoms with Crippen molar-refractivity contribution in [1.29, 1.82) is 0 Å². The van der Waals surface area contributed by atoms with Gasteiger partial charge >= 0.3 is 5.97 Å². The van der Waals surface area contributed by atoms with Gasteiger partial charge in [-0.2, -0.15) is 0 Å². The van der Waals surface area contributed by atoms with Crippen molar-refractivity contribution < 1.29 is 24.3 Å². The van der Waals surface area contributed by atoms with E-state index in [1.165, 1.54) is 24.5 Å². The molecule has 0 saturated carbocycles. The number of hydrogen-bond donors (Lipinski definition) is 3. The van der Waals surface area contributed by atoms with Gasteiger partial charge in [0.05, 0.1) is 12.5 Å². The van der Waals surface area contributed by atoms with E-state index in [9.17, 15) is 14.4 Å². The Kier molecular flexibility index (Phi) is 5.29. The number of anilines is 1. The highest BCUT2D eigenvalue weighted by molar-refractivity contribution is 7.15. The Hall–Kier alpha value is -2.75. The quantitative estimate of drug-likeness (QED) is 0.491. The Morgan fingerprint density at radius 2 is 2.29 bits per heavy atom. The number of nitrogens with one attached hydrogen (secondary N) is 1. The summed E-state index contributed by atoms with van der Waals surface area (Å²) in [6.07, 6.45) is 1.08. The van der Waals surface area contributed by atoms with E-state index in [0.717, 1.165) is 0 Å². The number of Topliss-reactive ketones (excluding diaryl/α,β-unsaturated/α-hetero) is 1. The molecule has 1 heterocycles. The number of carbonyl (C=O) groups is 3. The lowest BCUT2D eigenvalue weighted by Gasteiger charge is -2.10. The van der Waals surface area contributed by atoms with Gasteiger partial charge in [-0.1, -0.05) is 11.2 Å². The number of hydrogen-bond acceptors (Lipinski definition) is 8. The molecule has 1 aromatic rings. The van der Waals surface area contributed by atoms with Crippen LogP contribution >= 0.6 is 11.3 Å². The fourth-order valence-electron chi connectivity index (χ4n) is 2.30. The molecule has 1 amide bonds. The van der Waals surface area contributed by atoms with Crippen LogP contribution in [0.5, 0.6) is 0 Å². The number of rotatable bonds is 6. The molecule has 9 nitrogen and oxygen atoms in total. The summed E-state index contributed by atoms with van der Waals surface area (Å²) in [4.78, 5) is 44.4. The summed E-state index contributed by atoms with van der Waals surface area (Å²) in [6.45, 7) is 1.74. The zero-order valence-corrected chi connectivity index (χ0v) is 13.8. The number of aliphatic carboxylic acids is 1. The monoisotopic (exact) mass is 352 g/mol. The molecule has 1 aromatic heterocycles. The smallest absolute Gasteiger partial charge is 0.307 e. The lowest BCUT2D eigenvalue weighted by atomic mass is 10.1. The molecule has 0 spiro atoms. The van der Waals surface area contributed by atoms with Crippen LogP contribution in [-0.2, 0) is 19.2 Å². The fraction of sp³-hybridized carbons (Fsp3) is 0.357. The zero-order chi connectivity index (χ0) is 17.9. The molecule has 0 radical (unpaired) electrons. The summed E-state index contributed by atoms with van der Waals surface area (Å²) in [5, 5.41) is 15.4. The number of amides is 1. The molecular weight excluding hydrogens is 336 g/mol. The van der Waals surface area contributed by atoms with Gasteiger partial charge in [0.1, 0.15) is 12.8 Å². The highest BCUT2D eigenvalue weighted by Crippen LogP contribution is 2.21. The highest BCUT2D eigenvalue weighted by atomic mass is 32.1. The normalized spacial score (nSPS) is 17.6. The topological polar surface area (TPSA) is 144 Å². The molecule has 0 aliphatic heterocycles.